The van der Waals surface area contributed by atoms with Crippen molar-refractivity contribution in [2.75, 3.05) is 25.2 Å². The lowest BCUT2D eigenvalue weighted by atomic mass is 10.1. The van der Waals surface area contributed by atoms with E-state index in [0.717, 1.165) is 17.4 Å². The Hall–Kier alpha value is -0.650. The molecular weight excluding hydrogens is 246 g/mol. The van der Waals surface area contributed by atoms with Gasteiger partial charge >= 0.3 is 0 Å². The van der Waals surface area contributed by atoms with Gasteiger partial charge in [0.1, 0.15) is 0 Å². The van der Waals surface area contributed by atoms with Gasteiger partial charge in [-0.3, -0.25) is 0 Å². The first kappa shape index (κ1) is 15.4. The second-order valence-corrected chi connectivity index (χ2v) is 5.82. The summed E-state index contributed by atoms with van der Waals surface area (Å²) < 4.78 is 5.23. The second kappa shape index (κ2) is 7.07. The third kappa shape index (κ3) is 3.43. The molecule has 0 aliphatic heterocycles. The van der Waals surface area contributed by atoms with E-state index in [1.165, 1.54) is 4.88 Å². The Morgan fingerprint density at radius 3 is 2.44 bits per heavy atom. The van der Waals surface area contributed by atoms with Crippen molar-refractivity contribution >= 4 is 16.5 Å². The predicted octanol–water partition coefficient (Wildman–Crippen LogP) is 2.59. The van der Waals surface area contributed by atoms with Crippen molar-refractivity contribution in [2.45, 2.75) is 46.2 Å². The molecule has 5 heteroatoms. The highest BCUT2D eigenvalue weighted by Gasteiger charge is 2.20. The third-order valence-corrected chi connectivity index (χ3v) is 4.11. The van der Waals surface area contributed by atoms with Gasteiger partial charge < -0.3 is 15.4 Å². The van der Waals surface area contributed by atoms with Gasteiger partial charge in [0.25, 0.3) is 0 Å². The van der Waals surface area contributed by atoms with E-state index < -0.39 is 0 Å². The molecule has 0 aliphatic carbocycles. The predicted molar refractivity (Wildman–Crippen MR) is 78.5 cm³/mol. The van der Waals surface area contributed by atoms with Gasteiger partial charge in [-0.25, -0.2) is 4.98 Å². The summed E-state index contributed by atoms with van der Waals surface area (Å²) >= 11 is 1.71. The molecule has 1 aromatic heterocycles. The Morgan fingerprint density at radius 1 is 1.39 bits per heavy atom. The van der Waals surface area contributed by atoms with Gasteiger partial charge in [-0.1, -0.05) is 13.8 Å². The number of nitrogens with zero attached hydrogens (tertiary/aromatic N) is 2. The molecule has 0 radical (unpaired) electrons. The van der Waals surface area contributed by atoms with E-state index in [1.807, 2.05) is 0 Å². The fourth-order valence-electron chi connectivity index (χ4n) is 2.04. The smallest absolute Gasteiger partial charge is 0.186 e. The lowest BCUT2D eigenvalue weighted by Gasteiger charge is -2.26. The Labute approximate surface area is 114 Å². The Bertz CT molecular complexity index is 365. The molecule has 1 heterocycles. The molecule has 0 amide bonds. The van der Waals surface area contributed by atoms with Crippen molar-refractivity contribution in [1.29, 1.82) is 0 Å². The zero-order chi connectivity index (χ0) is 13.7. The minimum Gasteiger partial charge on any atom is -0.383 e. The van der Waals surface area contributed by atoms with E-state index in [2.05, 4.69) is 32.6 Å². The molecule has 4 nitrogen and oxygen atoms in total. The number of nitrogens with two attached hydrogens (primary N) is 1. The van der Waals surface area contributed by atoms with Crippen molar-refractivity contribution in [3.05, 3.63) is 10.6 Å². The highest BCUT2D eigenvalue weighted by atomic mass is 32.1. The molecule has 2 N–H and O–H groups in total. The second-order valence-electron chi connectivity index (χ2n) is 4.75. The van der Waals surface area contributed by atoms with Crippen LogP contribution in [0.1, 0.15) is 44.2 Å². The van der Waals surface area contributed by atoms with Crippen LogP contribution in [-0.2, 0) is 11.3 Å². The molecule has 104 valence electrons. The van der Waals surface area contributed by atoms with Crippen LogP contribution in [0.25, 0.3) is 0 Å². The molecular formula is C13H25N3OS. The number of anilines is 1. The van der Waals surface area contributed by atoms with Gasteiger partial charge in [0.15, 0.2) is 5.13 Å². The molecule has 0 bridgehead atoms. The minimum atomic E-state index is 0.330. The van der Waals surface area contributed by atoms with E-state index in [0.29, 0.717) is 25.1 Å². The van der Waals surface area contributed by atoms with Crippen molar-refractivity contribution in [3.63, 3.8) is 0 Å². The molecule has 18 heavy (non-hydrogen) atoms. The van der Waals surface area contributed by atoms with E-state index in [1.54, 1.807) is 18.4 Å². The van der Waals surface area contributed by atoms with Crippen molar-refractivity contribution in [3.8, 4) is 0 Å². The summed E-state index contributed by atoms with van der Waals surface area (Å²) in [7, 11) is 1.73. The van der Waals surface area contributed by atoms with Gasteiger partial charge in [-0.05, 0) is 19.8 Å². The van der Waals surface area contributed by atoms with Crippen LogP contribution < -0.4 is 10.6 Å². The first-order chi connectivity index (χ1) is 8.54. The molecule has 1 atom stereocenters. The molecule has 0 fully saturated rings. The van der Waals surface area contributed by atoms with Gasteiger partial charge in [0.2, 0.25) is 0 Å². The lowest BCUT2D eigenvalue weighted by molar-refractivity contribution is 0.182. The van der Waals surface area contributed by atoms with Crippen LogP contribution in [0.5, 0.6) is 0 Å². The number of rotatable bonds is 7. The summed E-state index contributed by atoms with van der Waals surface area (Å²) in [5.74, 6) is 0.421. The Kier molecular flexibility index (Phi) is 6.05. The molecule has 0 saturated heterocycles. The largest absolute Gasteiger partial charge is 0.383 e. The van der Waals surface area contributed by atoms with Gasteiger partial charge in [0.05, 0.1) is 18.3 Å². The van der Waals surface area contributed by atoms with Crippen molar-refractivity contribution < 1.29 is 4.74 Å². The van der Waals surface area contributed by atoms with Crippen LogP contribution in [-0.4, -0.2) is 31.3 Å². The molecule has 0 saturated carbocycles. The number of hydrogen-bond donors (Lipinski definition) is 1. The van der Waals surface area contributed by atoms with Gasteiger partial charge in [-0.15, -0.1) is 11.3 Å². The molecule has 0 spiro atoms. The van der Waals surface area contributed by atoms with Crippen LogP contribution in [0.3, 0.4) is 0 Å². The van der Waals surface area contributed by atoms with Crippen molar-refractivity contribution in [1.82, 2.24) is 4.98 Å². The van der Waals surface area contributed by atoms with Crippen LogP contribution in [0.2, 0.25) is 0 Å². The standard InChI is InChI=1S/C13H25N3OS/c1-6-16(10(4)8-17-5)13-15-12(9(2)3)11(7-14)18-13/h9-10H,6-8,14H2,1-5H3. The van der Waals surface area contributed by atoms with Crippen LogP contribution in [0.15, 0.2) is 0 Å². The number of methoxy groups -OCH3 is 1. The summed E-state index contributed by atoms with van der Waals surface area (Å²) in [6.45, 7) is 10.8. The summed E-state index contributed by atoms with van der Waals surface area (Å²) in [5, 5.41) is 1.06. The minimum absolute atomic E-state index is 0.330. The maximum absolute atomic E-state index is 5.81. The maximum atomic E-state index is 5.81. The van der Waals surface area contributed by atoms with Crippen molar-refractivity contribution in [2.24, 2.45) is 5.73 Å². The third-order valence-electron chi connectivity index (χ3n) is 2.97. The normalized spacial score (nSPS) is 13.1. The average Bonchev–Trinajstić information content (AvgIpc) is 2.74. The van der Waals surface area contributed by atoms with E-state index in [4.69, 9.17) is 15.5 Å². The van der Waals surface area contributed by atoms with Crippen LogP contribution in [0, 0.1) is 0 Å². The summed E-state index contributed by atoms with van der Waals surface area (Å²) in [6, 6.07) is 0.330. The fourth-order valence-corrected chi connectivity index (χ4v) is 3.30. The highest BCUT2D eigenvalue weighted by Crippen LogP contribution is 2.31. The average molecular weight is 271 g/mol. The molecule has 1 aromatic rings. The number of thiazole rings is 1. The van der Waals surface area contributed by atoms with E-state index in [-0.39, 0.29) is 0 Å². The van der Waals surface area contributed by atoms with Crippen LogP contribution in [0.4, 0.5) is 5.13 Å². The fraction of sp³-hybridized carbons (Fsp3) is 0.769. The lowest BCUT2D eigenvalue weighted by Crippen LogP contribution is -2.36. The summed E-state index contributed by atoms with van der Waals surface area (Å²) in [4.78, 5) is 8.24. The molecule has 1 unspecified atom stereocenters. The number of likely N-dealkylation sites (N-methyl/N-ethyl adjacent to an activating group) is 1. The SMILES string of the molecule is CCN(c1nc(C(C)C)c(CN)s1)C(C)COC. The van der Waals surface area contributed by atoms with Gasteiger partial charge in [-0.2, -0.15) is 0 Å². The van der Waals surface area contributed by atoms with Gasteiger partial charge in [0, 0.05) is 25.1 Å². The molecule has 0 aromatic carbocycles. The Balaban J connectivity index is 2.99. The monoisotopic (exact) mass is 271 g/mol. The topological polar surface area (TPSA) is 51.4 Å². The Morgan fingerprint density at radius 2 is 2.06 bits per heavy atom. The highest BCUT2D eigenvalue weighted by molar-refractivity contribution is 7.15. The first-order valence-corrected chi connectivity index (χ1v) is 7.31. The first-order valence-electron chi connectivity index (χ1n) is 6.50. The maximum Gasteiger partial charge on any atom is 0.186 e. The zero-order valence-corrected chi connectivity index (χ0v) is 12.9. The number of ether oxygens (including phenoxy) is 1. The quantitative estimate of drug-likeness (QED) is 0.828. The summed E-state index contributed by atoms with van der Waals surface area (Å²) in [6.07, 6.45) is 0. The van der Waals surface area contributed by atoms with E-state index >= 15 is 0 Å². The number of hydrogen-bond acceptors (Lipinski definition) is 5. The number of aromatic nitrogens is 1. The summed E-state index contributed by atoms with van der Waals surface area (Å²) in [5.41, 5.74) is 6.94. The molecule has 0 aliphatic rings. The zero-order valence-electron chi connectivity index (χ0n) is 12.1. The van der Waals surface area contributed by atoms with E-state index in [9.17, 15) is 0 Å². The van der Waals surface area contributed by atoms with Crippen LogP contribution >= 0.6 is 11.3 Å². The molecule has 1 rings (SSSR count).